The number of hydrogen-bond donors (Lipinski definition) is 0. The summed E-state index contributed by atoms with van der Waals surface area (Å²) in [6.07, 6.45) is 6.50. The highest BCUT2D eigenvalue weighted by Gasteiger charge is 2.29. The van der Waals surface area contributed by atoms with Gasteiger partial charge in [-0.1, -0.05) is 6.08 Å². The molecule has 1 aromatic carbocycles. The summed E-state index contributed by atoms with van der Waals surface area (Å²) >= 11 is 0. The molecule has 9 heteroatoms. The third-order valence-corrected chi connectivity index (χ3v) is 5.00. The number of rotatable bonds is 4. The number of esters is 2. The molecule has 0 saturated carbocycles. The van der Waals surface area contributed by atoms with Crippen molar-refractivity contribution >= 4 is 34.3 Å². The molecule has 0 saturated heterocycles. The second-order valence-electron chi connectivity index (χ2n) is 6.94. The number of aromatic nitrogens is 2. The number of benzene rings is 1. The largest absolute Gasteiger partial charge is 0.465 e. The standard InChI is InChI=1S/C21H24N4O5/c1-22(2)14-11-15-16(24(4)21(28)23(15)3)12-17(14)25-10-8-7-9-13(19(26)29-5)18(25)20(27)30-6/h7-12H,1-6H3. The van der Waals surface area contributed by atoms with Crippen LogP contribution in [0.2, 0.25) is 0 Å². The Kier molecular flexibility index (Phi) is 5.55. The van der Waals surface area contributed by atoms with Gasteiger partial charge in [-0.2, -0.15) is 0 Å². The predicted molar refractivity (Wildman–Crippen MR) is 114 cm³/mol. The molecule has 2 aromatic rings. The molecule has 0 radical (unpaired) electrons. The van der Waals surface area contributed by atoms with E-state index in [9.17, 15) is 14.4 Å². The van der Waals surface area contributed by atoms with Gasteiger partial charge in [0.2, 0.25) is 0 Å². The fourth-order valence-corrected chi connectivity index (χ4v) is 3.43. The van der Waals surface area contributed by atoms with E-state index < -0.39 is 11.9 Å². The van der Waals surface area contributed by atoms with Gasteiger partial charge in [0.15, 0.2) is 0 Å². The van der Waals surface area contributed by atoms with Crippen molar-refractivity contribution in [1.82, 2.24) is 9.13 Å². The van der Waals surface area contributed by atoms with Crippen LogP contribution in [0, 0.1) is 0 Å². The van der Waals surface area contributed by atoms with Crippen molar-refractivity contribution in [2.45, 2.75) is 0 Å². The molecule has 158 valence electrons. The van der Waals surface area contributed by atoms with Gasteiger partial charge in [0.25, 0.3) is 0 Å². The van der Waals surface area contributed by atoms with Gasteiger partial charge in [0.1, 0.15) is 5.70 Å². The minimum atomic E-state index is -0.696. The average Bonchev–Trinajstić information content (AvgIpc) is 2.90. The number of anilines is 2. The lowest BCUT2D eigenvalue weighted by atomic mass is 10.1. The van der Waals surface area contributed by atoms with Gasteiger partial charge in [-0.25, -0.2) is 14.4 Å². The van der Waals surface area contributed by atoms with Gasteiger partial charge in [-0.05, 0) is 24.3 Å². The molecule has 9 nitrogen and oxygen atoms in total. The van der Waals surface area contributed by atoms with E-state index in [0.717, 1.165) is 11.2 Å². The zero-order valence-electron chi connectivity index (χ0n) is 17.8. The normalized spacial score (nSPS) is 13.6. The second-order valence-corrected chi connectivity index (χ2v) is 6.94. The lowest BCUT2D eigenvalue weighted by molar-refractivity contribution is -0.139. The number of methoxy groups -OCH3 is 2. The molecule has 30 heavy (non-hydrogen) atoms. The van der Waals surface area contributed by atoms with Crippen molar-refractivity contribution in [1.29, 1.82) is 0 Å². The van der Waals surface area contributed by atoms with Crippen LogP contribution < -0.4 is 15.5 Å². The molecule has 0 atom stereocenters. The molecule has 0 N–H and O–H groups in total. The van der Waals surface area contributed by atoms with E-state index in [-0.39, 0.29) is 17.0 Å². The zero-order valence-corrected chi connectivity index (χ0v) is 17.8. The quantitative estimate of drug-likeness (QED) is 0.703. The Morgan fingerprint density at radius 2 is 1.53 bits per heavy atom. The SMILES string of the molecule is COC(=O)C1=C(C(=O)OC)N(c2cc3c(cc2N(C)C)n(C)c(=O)n3C)C=CC=C1. The van der Waals surface area contributed by atoms with Crippen molar-refractivity contribution in [2.75, 3.05) is 38.1 Å². The Bertz CT molecular complexity index is 1180. The maximum Gasteiger partial charge on any atom is 0.355 e. The highest BCUT2D eigenvalue weighted by molar-refractivity contribution is 6.06. The fraction of sp³-hybridized carbons (Fsp3) is 0.286. The number of fused-ring (bicyclic) bond motifs is 1. The summed E-state index contributed by atoms with van der Waals surface area (Å²) in [4.78, 5) is 41.0. The van der Waals surface area contributed by atoms with E-state index in [2.05, 4.69) is 0 Å². The van der Waals surface area contributed by atoms with Gasteiger partial charge in [-0.3, -0.25) is 9.13 Å². The summed E-state index contributed by atoms with van der Waals surface area (Å²) in [6.45, 7) is 0. The van der Waals surface area contributed by atoms with E-state index in [1.807, 2.05) is 25.1 Å². The van der Waals surface area contributed by atoms with Gasteiger partial charge in [0, 0.05) is 34.4 Å². The Morgan fingerprint density at radius 1 is 0.933 bits per heavy atom. The molecule has 3 rings (SSSR count). The fourth-order valence-electron chi connectivity index (χ4n) is 3.43. The maximum atomic E-state index is 12.7. The van der Waals surface area contributed by atoms with Crippen LogP contribution in [0.25, 0.3) is 11.0 Å². The van der Waals surface area contributed by atoms with E-state index >= 15 is 0 Å². The number of aryl methyl sites for hydroxylation is 2. The van der Waals surface area contributed by atoms with E-state index in [1.165, 1.54) is 24.9 Å². The predicted octanol–water partition coefficient (Wildman–Crippen LogP) is 1.43. The molecule has 0 fully saturated rings. The Morgan fingerprint density at radius 3 is 2.10 bits per heavy atom. The monoisotopic (exact) mass is 412 g/mol. The highest BCUT2D eigenvalue weighted by atomic mass is 16.5. The van der Waals surface area contributed by atoms with Crippen molar-refractivity contribution in [3.05, 3.63) is 58.3 Å². The summed E-state index contributed by atoms with van der Waals surface area (Å²) in [5.74, 6) is -1.36. The van der Waals surface area contributed by atoms with E-state index in [4.69, 9.17) is 9.47 Å². The van der Waals surface area contributed by atoms with Crippen LogP contribution >= 0.6 is 0 Å². The van der Waals surface area contributed by atoms with Crippen LogP contribution in [0.4, 0.5) is 11.4 Å². The summed E-state index contributed by atoms with van der Waals surface area (Å²) in [5, 5.41) is 0. The van der Waals surface area contributed by atoms with Crippen LogP contribution in [0.1, 0.15) is 0 Å². The summed E-state index contributed by atoms with van der Waals surface area (Å²) in [6, 6.07) is 3.67. The highest BCUT2D eigenvalue weighted by Crippen LogP contribution is 2.36. The van der Waals surface area contributed by atoms with Crippen LogP contribution in [0.3, 0.4) is 0 Å². The molecule has 0 amide bonds. The molecule has 0 aliphatic carbocycles. The lowest BCUT2D eigenvalue weighted by Crippen LogP contribution is -2.28. The molecule has 1 aliphatic rings. The topological polar surface area (TPSA) is 86.0 Å². The summed E-state index contributed by atoms with van der Waals surface area (Å²) < 4.78 is 12.9. The molecule has 0 unspecified atom stereocenters. The van der Waals surface area contributed by atoms with Crippen molar-refractivity contribution < 1.29 is 19.1 Å². The molecule has 1 aliphatic heterocycles. The van der Waals surface area contributed by atoms with Crippen molar-refractivity contribution in [3.63, 3.8) is 0 Å². The Balaban J connectivity index is 2.40. The van der Waals surface area contributed by atoms with E-state index in [0.29, 0.717) is 11.2 Å². The number of allylic oxidation sites excluding steroid dienone is 2. The number of hydrogen-bond acceptors (Lipinski definition) is 7. The Labute approximate surface area is 173 Å². The summed E-state index contributed by atoms with van der Waals surface area (Å²) in [5.41, 5.74) is 2.65. The molecule has 0 spiro atoms. The third-order valence-electron chi connectivity index (χ3n) is 5.00. The first-order valence-corrected chi connectivity index (χ1v) is 9.14. The maximum absolute atomic E-state index is 12.7. The minimum Gasteiger partial charge on any atom is -0.465 e. The van der Waals surface area contributed by atoms with E-state index in [1.54, 1.807) is 48.0 Å². The van der Waals surface area contributed by atoms with Gasteiger partial charge in [-0.15, -0.1) is 0 Å². The number of carbonyl (C=O) groups is 2. The Hall–Kier alpha value is -3.75. The minimum absolute atomic E-state index is 0.0118. The molecule has 0 bridgehead atoms. The van der Waals surface area contributed by atoms with Gasteiger partial charge >= 0.3 is 17.6 Å². The smallest absolute Gasteiger partial charge is 0.355 e. The van der Waals surface area contributed by atoms with Gasteiger partial charge < -0.3 is 19.3 Å². The van der Waals surface area contributed by atoms with Crippen molar-refractivity contribution in [3.8, 4) is 0 Å². The zero-order chi connectivity index (χ0) is 22.2. The van der Waals surface area contributed by atoms with Crippen LogP contribution in [0.15, 0.2) is 52.6 Å². The van der Waals surface area contributed by atoms with Crippen LogP contribution in [-0.4, -0.2) is 49.4 Å². The number of carbonyl (C=O) groups excluding carboxylic acids is 2. The molecular weight excluding hydrogens is 388 g/mol. The van der Waals surface area contributed by atoms with Crippen LogP contribution in [-0.2, 0) is 33.2 Å². The third kappa shape index (κ3) is 3.28. The lowest BCUT2D eigenvalue weighted by Gasteiger charge is -2.28. The molecule has 1 aromatic heterocycles. The first kappa shape index (κ1) is 21.0. The number of imidazole rings is 1. The average molecular weight is 412 g/mol. The molecular formula is C21H24N4O5. The van der Waals surface area contributed by atoms with Gasteiger partial charge in [0.05, 0.1) is 42.2 Å². The summed E-state index contributed by atoms with van der Waals surface area (Å²) in [7, 11) is 9.59. The number of ether oxygens (including phenoxy) is 2. The van der Waals surface area contributed by atoms with Crippen LogP contribution in [0.5, 0.6) is 0 Å². The molecule has 2 heterocycles. The first-order valence-electron chi connectivity index (χ1n) is 9.14. The number of nitrogens with zero attached hydrogens (tertiary/aromatic N) is 4. The van der Waals surface area contributed by atoms with Crippen molar-refractivity contribution in [2.24, 2.45) is 14.1 Å². The second kappa shape index (κ2) is 7.94. The first-order chi connectivity index (χ1) is 14.2.